The summed E-state index contributed by atoms with van der Waals surface area (Å²) in [4.78, 5) is 15.5. The number of carboxylic acid groups (broad SMARTS) is 1. The molecule has 0 aromatic carbocycles. The van der Waals surface area contributed by atoms with Gasteiger partial charge in [0.1, 0.15) is 5.82 Å². The molecule has 0 bridgehead atoms. The number of carbonyl (C=O) groups is 1. The van der Waals surface area contributed by atoms with E-state index in [2.05, 4.69) is 10.3 Å². The number of aromatic carboxylic acids is 1. The lowest BCUT2D eigenvalue weighted by Gasteiger charge is -2.10. The number of nitrogens with zero attached hydrogens (tertiary/aromatic N) is 2. The molecule has 0 atom stereocenters. The largest absolute Gasteiger partial charge is 0.476 e. The summed E-state index contributed by atoms with van der Waals surface area (Å²) in [6.07, 6.45) is 6.66. The van der Waals surface area contributed by atoms with E-state index in [1.807, 2.05) is 0 Å². The van der Waals surface area contributed by atoms with Crippen molar-refractivity contribution in [2.75, 3.05) is 0 Å². The van der Waals surface area contributed by atoms with Gasteiger partial charge in [-0.25, -0.2) is 9.78 Å². The fourth-order valence-corrected chi connectivity index (χ4v) is 3.05. The number of hydrogen-bond donors (Lipinski definition) is 2. The van der Waals surface area contributed by atoms with Gasteiger partial charge in [-0.1, -0.05) is 24.4 Å². The van der Waals surface area contributed by atoms with Gasteiger partial charge >= 0.3 is 5.97 Å². The van der Waals surface area contributed by atoms with E-state index in [0.29, 0.717) is 29.0 Å². The van der Waals surface area contributed by atoms with Crippen LogP contribution < -0.4 is 5.32 Å². The lowest BCUT2D eigenvalue weighted by Crippen LogP contribution is -2.26. The van der Waals surface area contributed by atoms with Gasteiger partial charge in [0.15, 0.2) is 5.69 Å². The van der Waals surface area contributed by atoms with Gasteiger partial charge in [-0.3, -0.25) is 0 Å². The Morgan fingerprint density at radius 2 is 2.25 bits per heavy atom. The normalized spacial score (nSPS) is 16.1. The number of carboxylic acids is 1. The first-order chi connectivity index (χ1) is 9.66. The van der Waals surface area contributed by atoms with Crippen molar-refractivity contribution in [3.05, 3.63) is 34.9 Å². The van der Waals surface area contributed by atoms with Crippen LogP contribution in [0.4, 0.5) is 0 Å². The molecule has 2 N–H and O–H groups in total. The lowest BCUT2D eigenvalue weighted by molar-refractivity contribution is 0.0693. The first kappa shape index (κ1) is 13.4. The molecular formula is C14H16ClN3O2. The van der Waals surface area contributed by atoms with E-state index in [4.69, 9.17) is 11.6 Å². The van der Waals surface area contributed by atoms with Crippen LogP contribution in [0.15, 0.2) is 18.3 Å². The van der Waals surface area contributed by atoms with Crippen molar-refractivity contribution in [1.82, 2.24) is 14.7 Å². The van der Waals surface area contributed by atoms with Crippen LogP contribution in [0, 0.1) is 0 Å². The Balaban J connectivity index is 1.94. The Bertz CT molecular complexity index is 647. The van der Waals surface area contributed by atoms with Crippen LogP contribution in [0.1, 0.15) is 42.0 Å². The average molecular weight is 294 g/mol. The van der Waals surface area contributed by atoms with Crippen LogP contribution in [-0.4, -0.2) is 26.5 Å². The molecule has 1 aliphatic rings. The molecule has 0 saturated heterocycles. The lowest BCUT2D eigenvalue weighted by atomic mass is 10.2. The second-order valence-electron chi connectivity index (χ2n) is 5.12. The van der Waals surface area contributed by atoms with E-state index in [1.54, 1.807) is 22.7 Å². The van der Waals surface area contributed by atoms with E-state index >= 15 is 0 Å². The molecule has 20 heavy (non-hydrogen) atoms. The minimum atomic E-state index is -1.05. The van der Waals surface area contributed by atoms with Crippen molar-refractivity contribution >= 4 is 23.1 Å². The molecular weight excluding hydrogens is 278 g/mol. The Morgan fingerprint density at radius 1 is 1.50 bits per heavy atom. The first-order valence-electron chi connectivity index (χ1n) is 6.79. The van der Waals surface area contributed by atoms with E-state index in [0.717, 1.165) is 0 Å². The van der Waals surface area contributed by atoms with Crippen molar-refractivity contribution in [3.8, 4) is 0 Å². The van der Waals surface area contributed by atoms with Crippen LogP contribution in [0.3, 0.4) is 0 Å². The van der Waals surface area contributed by atoms with Gasteiger partial charge in [0.25, 0.3) is 0 Å². The van der Waals surface area contributed by atoms with Crippen molar-refractivity contribution in [2.24, 2.45) is 0 Å². The molecule has 0 amide bonds. The molecule has 0 radical (unpaired) electrons. The van der Waals surface area contributed by atoms with Crippen LogP contribution in [0.2, 0.25) is 5.02 Å². The minimum absolute atomic E-state index is 0.0128. The predicted octanol–water partition coefficient (Wildman–Crippen LogP) is 2.72. The highest BCUT2D eigenvalue weighted by atomic mass is 35.5. The zero-order valence-corrected chi connectivity index (χ0v) is 11.7. The van der Waals surface area contributed by atoms with Crippen molar-refractivity contribution < 1.29 is 9.90 Å². The molecule has 3 rings (SSSR count). The maximum atomic E-state index is 11.3. The van der Waals surface area contributed by atoms with Gasteiger partial charge in [0.05, 0.1) is 17.1 Å². The summed E-state index contributed by atoms with van der Waals surface area (Å²) in [6.45, 7) is 0.555. The fraction of sp³-hybridized carbons (Fsp3) is 0.429. The van der Waals surface area contributed by atoms with Crippen molar-refractivity contribution in [1.29, 1.82) is 0 Å². The second kappa shape index (κ2) is 5.42. The van der Waals surface area contributed by atoms with Gasteiger partial charge in [-0.2, -0.15) is 0 Å². The molecule has 2 aromatic rings. The number of fused-ring (bicyclic) bond motifs is 1. The van der Waals surface area contributed by atoms with E-state index in [1.165, 1.54) is 25.7 Å². The molecule has 2 aromatic heterocycles. The summed E-state index contributed by atoms with van der Waals surface area (Å²) < 4.78 is 1.76. The van der Waals surface area contributed by atoms with Crippen molar-refractivity contribution in [2.45, 2.75) is 38.3 Å². The molecule has 0 spiro atoms. The third kappa shape index (κ3) is 2.39. The molecule has 1 aliphatic carbocycles. The molecule has 2 heterocycles. The number of pyridine rings is 1. The molecule has 0 aliphatic heterocycles. The van der Waals surface area contributed by atoms with Gasteiger partial charge in [0, 0.05) is 12.2 Å². The van der Waals surface area contributed by atoms with E-state index in [-0.39, 0.29) is 5.69 Å². The highest BCUT2D eigenvalue weighted by Gasteiger charge is 2.20. The SMILES string of the molecule is O=C(O)c1nc(CNC2CCCC2)n2cccc(Cl)c12. The standard InChI is InChI=1S/C14H16ClN3O2/c15-10-6-3-7-18-11(8-16-9-4-1-2-5-9)17-12(13(10)18)14(19)20/h3,6-7,9,16H,1-2,4-5,8H2,(H,19,20). The van der Waals surface area contributed by atoms with E-state index in [9.17, 15) is 9.90 Å². The number of nitrogens with one attached hydrogen (secondary N) is 1. The number of aromatic nitrogens is 2. The maximum Gasteiger partial charge on any atom is 0.356 e. The summed E-state index contributed by atoms with van der Waals surface area (Å²) in [5.41, 5.74) is 0.476. The third-order valence-corrected chi connectivity index (χ3v) is 4.10. The zero-order valence-electron chi connectivity index (χ0n) is 11.0. The Labute approximate surface area is 121 Å². The molecule has 5 nitrogen and oxygen atoms in total. The average Bonchev–Trinajstić information content (AvgIpc) is 3.04. The second-order valence-corrected chi connectivity index (χ2v) is 5.53. The minimum Gasteiger partial charge on any atom is -0.476 e. The summed E-state index contributed by atoms with van der Waals surface area (Å²) in [6, 6.07) is 3.98. The molecule has 0 unspecified atom stereocenters. The predicted molar refractivity (Wildman–Crippen MR) is 76.3 cm³/mol. The smallest absolute Gasteiger partial charge is 0.356 e. The molecule has 1 saturated carbocycles. The number of rotatable bonds is 4. The Hall–Kier alpha value is -1.59. The maximum absolute atomic E-state index is 11.3. The summed E-state index contributed by atoms with van der Waals surface area (Å²) in [7, 11) is 0. The fourth-order valence-electron chi connectivity index (χ4n) is 2.80. The number of halogens is 1. The van der Waals surface area contributed by atoms with Gasteiger partial charge < -0.3 is 14.8 Å². The van der Waals surface area contributed by atoms with Crippen molar-refractivity contribution in [3.63, 3.8) is 0 Å². The zero-order chi connectivity index (χ0) is 14.1. The number of hydrogen-bond acceptors (Lipinski definition) is 3. The van der Waals surface area contributed by atoms with Crippen LogP contribution in [0.25, 0.3) is 5.52 Å². The summed E-state index contributed by atoms with van der Waals surface area (Å²) in [5, 5.41) is 13.1. The Morgan fingerprint density at radius 3 is 2.95 bits per heavy atom. The van der Waals surface area contributed by atoms with Gasteiger partial charge in [-0.15, -0.1) is 0 Å². The Kier molecular flexibility index (Phi) is 3.63. The monoisotopic (exact) mass is 293 g/mol. The summed E-state index contributed by atoms with van der Waals surface area (Å²) in [5.74, 6) is -0.366. The van der Waals surface area contributed by atoms with Crippen LogP contribution >= 0.6 is 11.6 Å². The quantitative estimate of drug-likeness (QED) is 0.909. The molecule has 1 fully saturated rings. The highest BCUT2D eigenvalue weighted by Crippen LogP contribution is 2.23. The summed E-state index contributed by atoms with van der Waals surface area (Å²) >= 11 is 6.10. The first-order valence-corrected chi connectivity index (χ1v) is 7.16. The van der Waals surface area contributed by atoms with Gasteiger partial charge in [-0.05, 0) is 25.0 Å². The molecule has 106 valence electrons. The number of imidazole rings is 1. The molecule has 6 heteroatoms. The third-order valence-electron chi connectivity index (χ3n) is 3.79. The van der Waals surface area contributed by atoms with Crippen LogP contribution in [-0.2, 0) is 6.54 Å². The topological polar surface area (TPSA) is 66.6 Å². The van der Waals surface area contributed by atoms with Gasteiger partial charge in [0.2, 0.25) is 0 Å². The highest BCUT2D eigenvalue weighted by molar-refractivity contribution is 6.34. The van der Waals surface area contributed by atoms with E-state index < -0.39 is 5.97 Å². The van der Waals surface area contributed by atoms with Crippen LogP contribution in [0.5, 0.6) is 0 Å².